The van der Waals surface area contributed by atoms with Gasteiger partial charge >= 0.3 is 0 Å². The Hall–Kier alpha value is -2.10. The molecular weight excluding hydrogens is 250 g/mol. The van der Waals surface area contributed by atoms with Gasteiger partial charge in [-0.05, 0) is 43.9 Å². The van der Waals surface area contributed by atoms with Gasteiger partial charge in [0.25, 0.3) is 0 Å². The zero-order valence-electron chi connectivity index (χ0n) is 12.2. The highest BCUT2D eigenvalue weighted by Gasteiger charge is 2.08. The number of allylic oxidation sites excluding steroid dienone is 1. The minimum Gasteiger partial charge on any atom is -0.497 e. The summed E-state index contributed by atoms with van der Waals surface area (Å²) in [5, 5.41) is 8.51. The largest absolute Gasteiger partial charge is 0.497 e. The van der Waals surface area contributed by atoms with Gasteiger partial charge in [-0.3, -0.25) is 0 Å². The number of benzene rings is 1. The summed E-state index contributed by atoms with van der Waals surface area (Å²) in [6.07, 6.45) is 4.99. The Morgan fingerprint density at radius 2 is 2.05 bits per heavy atom. The van der Waals surface area contributed by atoms with Gasteiger partial charge in [0.05, 0.1) is 25.0 Å². The molecule has 0 bridgehead atoms. The molecule has 0 aliphatic carbocycles. The van der Waals surface area contributed by atoms with E-state index in [0.29, 0.717) is 0 Å². The third-order valence-corrected chi connectivity index (χ3v) is 3.39. The normalized spacial score (nSPS) is 10.5. The smallest absolute Gasteiger partial charge is 0.118 e. The van der Waals surface area contributed by atoms with Crippen molar-refractivity contribution < 1.29 is 4.74 Å². The number of rotatable bonds is 7. The molecular formula is C16H21N3O. The molecule has 0 unspecified atom stereocenters. The molecule has 0 atom stereocenters. The molecule has 0 saturated heterocycles. The third kappa shape index (κ3) is 3.47. The van der Waals surface area contributed by atoms with Crippen LogP contribution in [0.4, 0.5) is 0 Å². The lowest BCUT2D eigenvalue weighted by atomic mass is 10.1. The Labute approximate surface area is 120 Å². The molecule has 0 saturated carbocycles. The predicted octanol–water partition coefficient (Wildman–Crippen LogP) is 3.15. The fraction of sp³-hybridized carbons (Fsp3) is 0.375. The summed E-state index contributed by atoms with van der Waals surface area (Å²) in [6.45, 7) is 6.55. The molecule has 0 amide bonds. The first-order valence-corrected chi connectivity index (χ1v) is 6.87. The Bertz CT molecular complexity index is 558. The lowest BCUT2D eigenvalue weighted by Gasteiger charge is -2.05. The summed E-state index contributed by atoms with van der Waals surface area (Å²) in [4.78, 5) is 0. The van der Waals surface area contributed by atoms with Crippen molar-refractivity contribution in [3.8, 4) is 5.75 Å². The van der Waals surface area contributed by atoms with E-state index in [-0.39, 0.29) is 0 Å². The highest BCUT2D eigenvalue weighted by molar-refractivity contribution is 5.27. The van der Waals surface area contributed by atoms with Crippen LogP contribution in [0.15, 0.2) is 36.9 Å². The number of nitrogens with zero attached hydrogens (tertiary/aromatic N) is 3. The number of methoxy groups -OCH3 is 1. The topological polar surface area (TPSA) is 39.9 Å². The maximum absolute atomic E-state index is 5.16. The van der Waals surface area contributed by atoms with E-state index in [1.807, 2.05) is 22.9 Å². The Morgan fingerprint density at radius 1 is 1.30 bits per heavy atom. The highest BCUT2D eigenvalue weighted by atomic mass is 16.5. The van der Waals surface area contributed by atoms with Gasteiger partial charge in [-0.1, -0.05) is 23.4 Å². The summed E-state index contributed by atoms with van der Waals surface area (Å²) < 4.78 is 7.11. The van der Waals surface area contributed by atoms with Crippen LogP contribution in [0.25, 0.3) is 0 Å². The summed E-state index contributed by atoms with van der Waals surface area (Å²) in [5.41, 5.74) is 3.42. The molecule has 1 heterocycles. The molecule has 0 radical (unpaired) electrons. The van der Waals surface area contributed by atoms with Crippen LogP contribution in [0.2, 0.25) is 0 Å². The van der Waals surface area contributed by atoms with Gasteiger partial charge in [0.15, 0.2) is 0 Å². The van der Waals surface area contributed by atoms with Crippen molar-refractivity contribution in [1.29, 1.82) is 0 Å². The number of aromatic nitrogens is 3. The molecule has 0 fully saturated rings. The first-order valence-electron chi connectivity index (χ1n) is 6.87. The number of ether oxygens (including phenoxy) is 1. The van der Waals surface area contributed by atoms with E-state index in [1.165, 1.54) is 5.56 Å². The molecule has 0 N–H and O–H groups in total. The standard InChI is InChI=1S/C16H21N3O/c1-4-5-6-7-16-13(2)19(18-17-16)12-14-8-10-15(20-3)11-9-14/h4,8-11H,1,5-7,12H2,2-3H3. The fourth-order valence-electron chi connectivity index (χ4n) is 2.10. The van der Waals surface area contributed by atoms with Crippen molar-refractivity contribution in [1.82, 2.24) is 15.0 Å². The minimum absolute atomic E-state index is 0.740. The zero-order chi connectivity index (χ0) is 14.4. The third-order valence-electron chi connectivity index (χ3n) is 3.39. The number of hydrogen-bond acceptors (Lipinski definition) is 3. The van der Waals surface area contributed by atoms with Gasteiger partial charge in [0, 0.05) is 0 Å². The van der Waals surface area contributed by atoms with E-state index < -0.39 is 0 Å². The maximum atomic E-state index is 5.16. The molecule has 0 aliphatic heterocycles. The lowest BCUT2D eigenvalue weighted by molar-refractivity contribution is 0.414. The first-order chi connectivity index (χ1) is 9.74. The van der Waals surface area contributed by atoms with E-state index in [1.54, 1.807) is 7.11 Å². The molecule has 2 aromatic rings. The van der Waals surface area contributed by atoms with Crippen LogP contribution in [0.3, 0.4) is 0 Å². The molecule has 20 heavy (non-hydrogen) atoms. The summed E-state index contributed by atoms with van der Waals surface area (Å²) in [7, 11) is 1.67. The maximum Gasteiger partial charge on any atom is 0.118 e. The average molecular weight is 271 g/mol. The summed E-state index contributed by atoms with van der Waals surface area (Å²) in [5.74, 6) is 0.870. The molecule has 0 aliphatic rings. The number of aryl methyl sites for hydroxylation is 1. The number of hydrogen-bond donors (Lipinski definition) is 0. The summed E-state index contributed by atoms with van der Waals surface area (Å²) >= 11 is 0. The Balaban J connectivity index is 2.03. The van der Waals surface area contributed by atoms with E-state index >= 15 is 0 Å². The SMILES string of the molecule is C=CCCCc1nnn(Cc2ccc(OC)cc2)c1C. The van der Waals surface area contributed by atoms with Gasteiger partial charge in [0.1, 0.15) is 5.75 Å². The van der Waals surface area contributed by atoms with E-state index in [2.05, 4.69) is 35.9 Å². The second kappa shape index (κ2) is 6.89. The first kappa shape index (κ1) is 14.3. The molecule has 1 aromatic heterocycles. The van der Waals surface area contributed by atoms with Gasteiger partial charge in [-0.2, -0.15) is 0 Å². The Morgan fingerprint density at radius 3 is 2.70 bits per heavy atom. The average Bonchev–Trinajstić information content (AvgIpc) is 2.81. The van der Waals surface area contributed by atoms with E-state index in [9.17, 15) is 0 Å². The van der Waals surface area contributed by atoms with Crippen molar-refractivity contribution in [2.45, 2.75) is 32.7 Å². The lowest BCUT2D eigenvalue weighted by Crippen LogP contribution is -2.04. The van der Waals surface area contributed by atoms with Gasteiger partial charge < -0.3 is 4.74 Å². The predicted molar refractivity (Wildman–Crippen MR) is 80.0 cm³/mol. The van der Waals surface area contributed by atoms with Crippen molar-refractivity contribution >= 4 is 0 Å². The van der Waals surface area contributed by atoms with Crippen LogP contribution in [0, 0.1) is 6.92 Å². The van der Waals surface area contributed by atoms with Crippen LogP contribution in [-0.2, 0) is 13.0 Å². The van der Waals surface area contributed by atoms with Crippen LogP contribution in [0.5, 0.6) is 5.75 Å². The second-order valence-electron chi connectivity index (χ2n) is 4.81. The van der Waals surface area contributed by atoms with E-state index in [0.717, 1.165) is 42.9 Å². The molecule has 0 spiro atoms. The van der Waals surface area contributed by atoms with Crippen molar-refractivity contribution in [2.24, 2.45) is 0 Å². The van der Waals surface area contributed by atoms with Gasteiger partial charge in [-0.25, -0.2) is 4.68 Å². The molecule has 4 nitrogen and oxygen atoms in total. The van der Waals surface area contributed by atoms with Crippen molar-refractivity contribution in [2.75, 3.05) is 7.11 Å². The number of unbranched alkanes of at least 4 members (excludes halogenated alkanes) is 1. The van der Waals surface area contributed by atoms with Crippen molar-refractivity contribution in [3.63, 3.8) is 0 Å². The van der Waals surface area contributed by atoms with E-state index in [4.69, 9.17) is 4.74 Å². The van der Waals surface area contributed by atoms with Gasteiger partial charge in [-0.15, -0.1) is 11.7 Å². The van der Waals surface area contributed by atoms with Crippen molar-refractivity contribution in [3.05, 3.63) is 53.9 Å². The zero-order valence-corrected chi connectivity index (χ0v) is 12.2. The monoisotopic (exact) mass is 271 g/mol. The van der Waals surface area contributed by atoms with Crippen LogP contribution in [-0.4, -0.2) is 22.1 Å². The Kier molecular flexibility index (Phi) is 4.93. The molecule has 106 valence electrons. The quantitative estimate of drug-likeness (QED) is 0.573. The minimum atomic E-state index is 0.740. The summed E-state index contributed by atoms with van der Waals surface area (Å²) in [6, 6.07) is 8.04. The van der Waals surface area contributed by atoms with Gasteiger partial charge in [0.2, 0.25) is 0 Å². The highest BCUT2D eigenvalue weighted by Crippen LogP contribution is 2.14. The second-order valence-corrected chi connectivity index (χ2v) is 4.81. The van der Waals surface area contributed by atoms with Crippen LogP contribution < -0.4 is 4.74 Å². The molecule has 4 heteroatoms. The molecule has 2 rings (SSSR count). The fourth-order valence-corrected chi connectivity index (χ4v) is 2.10. The molecule has 1 aromatic carbocycles. The van der Waals surface area contributed by atoms with Crippen LogP contribution in [0.1, 0.15) is 29.8 Å². The van der Waals surface area contributed by atoms with Crippen LogP contribution >= 0.6 is 0 Å².